The molecule has 0 saturated carbocycles. The Labute approximate surface area is 167 Å². The molecule has 1 amide bonds. The number of benzene rings is 2. The summed E-state index contributed by atoms with van der Waals surface area (Å²) in [5.41, 5.74) is -0.0399. The second kappa shape index (κ2) is 8.06. The normalized spacial score (nSPS) is 23.6. The SMILES string of the molecule is O=C(Oc1ccccc1)N(Cc1ccc(C(F)(F)F)cc1)[C@H]1CN2CCC1CC2. The Bertz CT molecular complexity index is 831. The van der Waals surface area contributed by atoms with Gasteiger partial charge in [-0.25, -0.2) is 4.79 Å². The van der Waals surface area contributed by atoms with Crippen molar-refractivity contribution in [1.82, 2.24) is 9.80 Å². The summed E-state index contributed by atoms with van der Waals surface area (Å²) >= 11 is 0. The van der Waals surface area contributed by atoms with Crippen LogP contribution in [0.5, 0.6) is 5.75 Å². The maximum atomic E-state index is 13.0. The van der Waals surface area contributed by atoms with E-state index in [-0.39, 0.29) is 12.6 Å². The standard InChI is InChI=1S/C22H23F3N2O2/c23-22(24,25)18-8-6-16(7-9-18)14-27(20-15-26-12-10-17(20)11-13-26)21(28)29-19-4-2-1-3-5-19/h1-9,17,20H,10-15H2/t20-/m0/s1. The first-order chi connectivity index (χ1) is 13.9. The molecule has 3 aliphatic heterocycles. The van der Waals surface area contributed by atoms with Crippen LogP contribution in [0.3, 0.4) is 0 Å². The van der Waals surface area contributed by atoms with Gasteiger partial charge in [-0.2, -0.15) is 13.2 Å². The molecule has 2 bridgehead atoms. The van der Waals surface area contributed by atoms with E-state index in [2.05, 4.69) is 4.90 Å². The minimum Gasteiger partial charge on any atom is -0.410 e. The fourth-order valence-corrected chi connectivity index (χ4v) is 4.25. The zero-order chi connectivity index (χ0) is 20.4. The number of para-hydroxylation sites is 1. The average Bonchev–Trinajstić information content (AvgIpc) is 2.73. The highest BCUT2D eigenvalue weighted by molar-refractivity contribution is 5.71. The fraction of sp³-hybridized carbons (Fsp3) is 0.409. The van der Waals surface area contributed by atoms with Crippen LogP contribution in [0.15, 0.2) is 54.6 Å². The van der Waals surface area contributed by atoms with Gasteiger partial charge in [-0.05, 0) is 61.7 Å². The van der Waals surface area contributed by atoms with Gasteiger partial charge in [0, 0.05) is 13.1 Å². The number of halogens is 3. The number of ether oxygens (including phenoxy) is 1. The van der Waals surface area contributed by atoms with Gasteiger partial charge < -0.3 is 9.64 Å². The second-order valence-corrected chi connectivity index (χ2v) is 7.71. The maximum absolute atomic E-state index is 13.0. The first-order valence-electron chi connectivity index (χ1n) is 9.82. The Morgan fingerprint density at radius 3 is 2.24 bits per heavy atom. The van der Waals surface area contributed by atoms with E-state index in [9.17, 15) is 18.0 Å². The van der Waals surface area contributed by atoms with Gasteiger partial charge in [-0.3, -0.25) is 4.90 Å². The molecule has 0 aliphatic carbocycles. The van der Waals surface area contributed by atoms with Crippen LogP contribution in [0.2, 0.25) is 0 Å². The summed E-state index contributed by atoms with van der Waals surface area (Å²) in [6.07, 6.45) is -2.80. The van der Waals surface area contributed by atoms with Gasteiger partial charge in [0.25, 0.3) is 0 Å². The van der Waals surface area contributed by atoms with Crippen molar-refractivity contribution in [2.45, 2.75) is 31.6 Å². The van der Waals surface area contributed by atoms with Crippen molar-refractivity contribution in [3.8, 4) is 5.75 Å². The molecule has 0 spiro atoms. The lowest BCUT2D eigenvalue weighted by Gasteiger charge is -2.48. The molecular weight excluding hydrogens is 381 g/mol. The number of amides is 1. The molecule has 2 aromatic rings. The molecule has 7 heteroatoms. The lowest BCUT2D eigenvalue weighted by Crippen LogP contribution is -2.58. The van der Waals surface area contributed by atoms with Crippen molar-refractivity contribution in [2.24, 2.45) is 5.92 Å². The quantitative estimate of drug-likeness (QED) is 0.734. The molecule has 0 aromatic heterocycles. The molecule has 0 N–H and O–H groups in total. The van der Waals surface area contributed by atoms with Crippen LogP contribution in [0, 0.1) is 5.92 Å². The predicted molar refractivity (Wildman–Crippen MR) is 102 cm³/mol. The van der Waals surface area contributed by atoms with Crippen LogP contribution in [0.4, 0.5) is 18.0 Å². The molecule has 4 nitrogen and oxygen atoms in total. The van der Waals surface area contributed by atoms with Crippen LogP contribution >= 0.6 is 0 Å². The Hall–Kier alpha value is -2.54. The monoisotopic (exact) mass is 404 g/mol. The van der Waals surface area contributed by atoms with Crippen molar-refractivity contribution < 1.29 is 22.7 Å². The van der Waals surface area contributed by atoms with E-state index in [0.29, 0.717) is 17.2 Å². The lowest BCUT2D eigenvalue weighted by atomic mass is 9.83. The van der Waals surface area contributed by atoms with E-state index in [1.54, 1.807) is 29.2 Å². The third-order valence-electron chi connectivity index (χ3n) is 5.84. The summed E-state index contributed by atoms with van der Waals surface area (Å²) in [6.45, 7) is 3.06. The maximum Gasteiger partial charge on any atom is 0.416 e. The van der Waals surface area contributed by atoms with Crippen LogP contribution in [0.1, 0.15) is 24.0 Å². The van der Waals surface area contributed by atoms with E-state index in [1.807, 2.05) is 6.07 Å². The van der Waals surface area contributed by atoms with Crippen molar-refractivity contribution in [3.05, 3.63) is 65.7 Å². The number of nitrogens with zero attached hydrogens (tertiary/aromatic N) is 2. The fourth-order valence-electron chi connectivity index (χ4n) is 4.25. The molecule has 3 fully saturated rings. The number of alkyl halides is 3. The molecule has 3 aliphatic rings. The third-order valence-corrected chi connectivity index (χ3v) is 5.84. The van der Waals surface area contributed by atoms with Gasteiger partial charge in [-0.15, -0.1) is 0 Å². The summed E-state index contributed by atoms with van der Waals surface area (Å²) in [4.78, 5) is 17.0. The van der Waals surface area contributed by atoms with E-state index in [1.165, 1.54) is 12.1 Å². The number of carbonyl (C=O) groups is 1. The van der Waals surface area contributed by atoms with Crippen molar-refractivity contribution >= 4 is 6.09 Å². The Morgan fingerprint density at radius 1 is 1.03 bits per heavy atom. The number of piperidine rings is 3. The molecule has 29 heavy (non-hydrogen) atoms. The van der Waals surface area contributed by atoms with E-state index >= 15 is 0 Å². The third kappa shape index (κ3) is 4.56. The molecular formula is C22H23F3N2O2. The molecule has 154 valence electrons. The Morgan fingerprint density at radius 2 is 1.69 bits per heavy atom. The van der Waals surface area contributed by atoms with E-state index in [4.69, 9.17) is 4.74 Å². The average molecular weight is 404 g/mol. The van der Waals surface area contributed by atoms with Crippen molar-refractivity contribution in [2.75, 3.05) is 19.6 Å². The summed E-state index contributed by atoms with van der Waals surface area (Å²) < 4.78 is 44.1. The highest BCUT2D eigenvalue weighted by atomic mass is 19.4. The Kier molecular flexibility index (Phi) is 5.50. The van der Waals surface area contributed by atoms with Gasteiger partial charge in [0.15, 0.2) is 0 Å². The lowest BCUT2D eigenvalue weighted by molar-refractivity contribution is -0.137. The molecule has 2 aromatic carbocycles. The van der Waals surface area contributed by atoms with Gasteiger partial charge in [0.2, 0.25) is 0 Å². The number of carbonyl (C=O) groups excluding carboxylic acids is 1. The largest absolute Gasteiger partial charge is 0.416 e. The van der Waals surface area contributed by atoms with Gasteiger partial charge in [0.1, 0.15) is 5.75 Å². The van der Waals surface area contributed by atoms with Gasteiger partial charge in [0.05, 0.1) is 11.6 Å². The van der Waals surface area contributed by atoms with Crippen LogP contribution in [-0.4, -0.2) is 41.6 Å². The first kappa shape index (κ1) is 19.8. The number of rotatable bonds is 4. The van der Waals surface area contributed by atoms with Gasteiger partial charge >= 0.3 is 12.3 Å². The van der Waals surface area contributed by atoms with Crippen molar-refractivity contribution in [1.29, 1.82) is 0 Å². The molecule has 0 unspecified atom stereocenters. The highest BCUT2D eigenvalue weighted by Gasteiger charge is 2.40. The summed E-state index contributed by atoms with van der Waals surface area (Å²) in [5.74, 6) is 0.842. The summed E-state index contributed by atoms with van der Waals surface area (Å²) in [6, 6.07) is 13.8. The topological polar surface area (TPSA) is 32.8 Å². The van der Waals surface area contributed by atoms with E-state index < -0.39 is 17.8 Å². The highest BCUT2D eigenvalue weighted by Crippen LogP contribution is 2.33. The first-order valence-corrected chi connectivity index (χ1v) is 9.82. The zero-order valence-electron chi connectivity index (χ0n) is 15.9. The molecule has 5 rings (SSSR count). The van der Waals surface area contributed by atoms with Crippen LogP contribution in [-0.2, 0) is 12.7 Å². The summed E-state index contributed by atoms with van der Waals surface area (Å²) in [5, 5.41) is 0. The molecule has 1 atom stereocenters. The second-order valence-electron chi connectivity index (χ2n) is 7.71. The zero-order valence-corrected chi connectivity index (χ0v) is 15.9. The van der Waals surface area contributed by atoms with Crippen LogP contribution < -0.4 is 4.74 Å². The minimum absolute atomic E-state index is 0.00370. The molecule has 3 saturated heterocycles. The number of hydrogen-bond acceptors (Lipinski definition) is 3. The van der Waals surface area contributed by atoms with Crippen LogP contribution in [0.25, 0.3) is 0 Å². The van der Waals surface area contributed by atoms with Crippen molar-refractivity contribution in [3.63, 3.8) is 0 Å². The number of hydrogen-bond donors (Lipinski definition) is 0. The number of fused-ring (bicyclic) bond motifs is 3. The smallest absolute Gasteiger partial charge is 0.410 e. The molecule has 3 heterocycles. The minimum atomic E-state index is -4.37. The summed E-state index contributed by atoms with van der Waals surface area (Å²) in [7, 11) is 0. The van der Waals surface area contributed by atoms with E-state index in [0.717, 1.165) is 44.6 Å². The molecule has 0 radical (unpaired) electrons. The van der Waals surface area contributed by atoms with Gasteiger partial charge in [-0.1, -0.05) is 30.3 Å². The Balaban J connectivity index is 1.55. The predicted octanol–water partition coefficient (Wildman–Crippen LogP) is 4.80.